The van der Waals surface area contributed by atoms with Crippen molar-refractivity contribution < 1.29 is 23.3 Å². The number of hydrogen-bond donors (Lipinski definition) is 4. The summed E-state index contributed by atoms with van der Waals surface area (Å²) in [5.74, 6) is 0. The summed E-state index contributed by atoms with van der Waals surface area (Å²) in [4.78, 5) is 13.9. The van der Waals surface area contributed by atoms with Gasteiger partial charge in [-0.05, 0) is 6.42 Å². The molecule has 160 valence electrons. The third kappa shape index (κ3) is 26.2. The van der Waals surface area contributed by atoms with Crippen LogP contribution >= 0.6 is 7.91 Å². The number of ether oxygens (including phenoxy) is 1. The number of nitrogens with one attached hydrogen (secondary N) is 1. The summed E-state index contributed by atoms with van der Waals surface area (Å²) >= 11 is 0. The second kappa shape index (κ2) is 19.7. The fourth-order valence-corrected chi connectivity index (χ4v) is 3.02. The Bertz CT molecular complexity index is 318. The van der Waals surface area contributed by atoms with Crippen molar-refractivity contribution >= 4 is 7.91 Å². The number of rotatable bonds is 13. The highest BCUT2D eigenvalue weighted by Crippen LogP contribution is 2.35. The third-order valence-corrected chi connectivity index (χ3v) is 4.38. The van der Waals surface area contributed by atoms with Crippen LogP contribution in [-0.4, -0.2) is 35.6 Å². The molecule has 1 unspecified atom stereocenters. The Kier molecular flexibility index (Phi) is 21.4. The summed E-state index contributed by atoms with van der Waals surface area (Å²) in [6.07, 6.45) is 18.9. The average molecular weight is 401 g/mol. The number of morpholine rings is 1. The average Bonchev–Trinajstić information content (AvgIpc) is 2.55. The largest absolute Gasteiger partial charge is 0.507 e. The van der Waals surface area contributed by atoms with Gasteiger partial charge in [-0.2, -0.15) is 0 Å². The Morgan fingerprint density at radius 1 is 0.962 bits per heavy atom. The van der Waals surface area contributed by atoms with E-state index in [0.29, 0.717) is 6.10 Å². The highest BCUT2D eigenvalue weighted by molar-refractivity contribution is 7.45. The quantitative estimate of drug-likeness (QED) is 0.247. The van der Waals surface area contributed by atoms with E-state index in [1.807, 2.05) is 0 Å². The molecule has 6 N–H and O–H groups in total. The van der Waals surface area contributed by atoms with Gasteiger partial charge in [0.15, 0.2) is 0 Å². The summed E-state index contributed by atoms with van der Waals surface area (Å²) in [7, 11) is -5.14. The first-order valence-corrected chi connectivity index (χ1v) is 11.5. The normalized spacial score (nSPS) is 17.2. The van der Waals surface area contributed by atoms with Crippen LogP contribution in [0.5, 0.6) is 0 Å². The van der Waals surface area contributed by atoms with Crippen LogP contribution in [0.15, 0.2) is 0 Å². The zero-order valence-corrected chi connectivity index (χ0v) is 17.5. The maximum atomic E-state index is 10.4. The predicted molar refractivity (Wildman–Crippen MR) is 106 cm³/mol. The van der Waals surface area contributed by atoms with Crippen LogP contribution in [0.1, 0.15) is 90.4 Å². The first-order chi connectivity index (χ1) is 11.9. The van der Waals surface area contributed by atoms with E-state index in [0.717, 1.165) is 19.7 Å². The van der Waals surface area contributed by atoms with Gasteiger partial charge in [0.05, 0.1) is 12.7 Å². The number of unbranched alkanes of at least 4 members (excludes halogenated alkanes) is 11. The van der Waals surface area contributed by atoms with Crippen molar-refractivity contribution in [3.05, 3.63) is 0 Å². The fraction of sp³-hybridized carbons (Fsp3) is 1.00. The lowest BCUT2D eigenvalue weighted by molar-refractivity contribution is 0.0220. The van der Waals surface area contributed by atoms with Gasteiger partial charge in [-0.3, -0.25) is 9.79 Å². The monoisotopic (exact) mass is 400 g/mol. The van der Waals surface area contributed by atoms with E-state index in [-0.39, 0.29) is 6.15 Å². The topological polar surface area (TPSA) is 114 Å². The lowest BCUT2D eigenvalue weighted by Gasteiger charge is -2.23. The smallest absolute Gasteiger partial charge is 0.376 e. The van der Waals surface area contributed by atoms with Gasteiger partial charge in [0, 0.05) is 13.1 Å². The molecule has 0 radical (unpaired) electrons. The number of halogens is 1. The van der Waals surface area contributed by atoms with Crippen molar-refractivity contribution in [2.45, 2.75) is 96.5 Å². The minimum Gasteiger partial charge on any atom is -0.376 e. The maximum absolute atomic E-state index is 10.4. The molecule has 1 aliphatic heterocycles. The molecule has 0 aliphatic carbocycles. The van der Waals surface area contributed by atoms with Gasteiger partial charge in [-0.15, -0.1) is 4.20 Å². The Morgan fingerprint density at radius 2 is 1.38 bits per heavy atom. The highest BCUT2D eigenvalue weighted by Gasteiger charge is 2.11. The van der Waals surface area contributed by atoms with Gasteiger partial charge in [0.25, 0.3) is 0 Å². The summed E-state index contributed by atoms with van der Waals surface area (Å²) in [5.41, 5.74) is 0. The molecular formula is C18H42FN2O4P. The van der Waals surface area contributed by atoms with E-state index in [9.17, 15) is 4.20 Å². The van der Waals surface area contributed by atoms with Crippen LogP contribution in [0.3, 0.4) is 0 Å². The molecule has 0 aromatic carbocycles. The van der Waals surface area contributed by atoms with Crippen LogP contribution in [-0.2, 0) is 9.30 Å². The molecule has 1 saturated heterocycles. The van der Waals surface area contributed by atoms with Gasteiger partial charge >= 0.3 is 7.91 Å². The Morgan fingerprint density at radius 3 is 1.77 bits per heavy atom. The Labute approximate surface area is 159 Å². The van der Waals surface area contributed by atoms with Crippen molar-refractivity contribution in [3.8, 4) is 0 Å². The zero-order chi connectivity index (χ0) is 18.8. The molecule has 26 heavy (non-hydrogen) atoms. The van der Waals surface area contributed by atoms with E-state index in [1.54, 1.807) is 0 Å². The summed E-state index contributed by atoms with van der Waals surface area (Å²) in [6.45, 7) is 5.30. The first-order valence-electron chi connectivity index (χ1n) is 10.0. The van der Waals surface area contributed by atoms with Crippen LogP contribution < -0.4 is 11.5 Å². The van der Waals surface area contributed by atoms with Crippen LogP contribution in [0.2, 0.25) is 0 Å². The van der Waals surface area contributed by atoms with Gasteiger partial charge in [0.2, 0.25) is 0 Å². The highest BCUT2D eigenvalue weighted by atomic mass is 31.2. The van der Waals surface area contributed by atoms with Crippen molar-refractivity contribution in [2.75, 3.05) is 19.7 Å². The molecule has 1 aliphatic rings. The molecule has 0 saturated carbocycles. The summed E-state index contributed by atoms with van der Waals surface area (Å²) < 4.78 is 24.7. The Balaban J connectivity index is 0. The molecule has 1 rings (SSSR count). The van der Waals surface area contributed by atoms with E-state index < -0.39 is 7.91 Å². The minimum absolute atomic E-state index is 0. The first kappa shape index (κ1) is 28.2. The van der Waals surface area contributed by atoms with Crippen LogP contribution in [0, 0.1) is 0 Å². The van der Waals surface area contributed by atoms with E-state index in [4.69, 9.17) is 19.1 Å². The molecule has 0 aromatic rings. The van der Waals surface area contributed by atoms with E-state index in [2.05, 4.69) is 12.2 Å². The SMILES string of the molecule is CCCCCCCCCCCCCCC1CNCCO1.N.O=P(O)(O)F. The fourth-order valence-electron chi connectivity index (χ4n) is 3.02. The van der Waals surface area contributed by atoms with Crippen molar-refractivity contribution in [2.24, 2.45) is 0 Å². The lowest BCUT2D eigenvalue weighted by Crippen LogP contribution is -2.38. The molecule has 0 bridgehead atoms. The van der Waals surface area contributed by atoms with Crippen molar-refractivity contribution in [3.63, 3.8) is 0 Å². The van der Waals surface area contributed by atoms with Gasteiger partial charge in [-0.25, -0.2) is 4.57 Å². The molecule has 1 fully saturated rings. The second-order valence-electron chi connectivity index (χ2n) is 6.85. The standard InChI is InChI=1S/C18H37NO.FH2O3P.H3N/c1-2-3-4-5-6-7-8-9-10-11-12-13-14-18-17-19-15-16-20-18;1-5(2,3)4;/h18-19H,2-17H2,1H3;(H2,2,3,4);1H3. The minimum atomic E-state index is -5.14. The van der Waals surface area contributed by atoms with Gasteiger partial charge in [-0.1, -0.05) is 84.0 Å². The lowest BCUT2D eigenvalue weighted by atomic mass is 10.0. The second-order valence-corrected chi connectivity index (χ2v) is 7.79. The van der Waals surface area contributed by atoms with E-state index >= 15 is 0 Å². The summed E-state index contributed by atoms with van der Waals surface area (Å²) in [6, 6.07) is 0. The molecule has 1 heterocycles. The zero-order valence-electron chi connectivity index (χ0n) is 16.6. The molecule has 0 amide bonds. The van der Waals surface area contributed by atoms with Gasteiger partial charge < -0.3 is 16.2 Å². The molecular weight excluding hydrogens is 358 g/mol. The van der Waals surface area contributed by atoms with Crippen LogP contribution in [0.4, 0.5) is 4.20 Å². The van der Waals surface area contributed by atoms with Crippen molar-refractivity contribution in [1.29, 1.82) is 0 Å². The number of hydrogen-bond acceptors (Lipinski definition) is 4. The maximum Gasteiger partial charge on any atom is 0.507 e. The summed E-state index contributed by atoms with van der Waals surface area (Å²) in [5, 5.41) is 3.40. The predicted octanol–water partition coefficient (Wildman–Crippen LogP) is 5.28. The van der Waals surface area contributed by atoms with Crippen molar-refractivity contribution in [1.82, 2.24) is 11.5 Å². The van der Waals surface area contributed by atoms with Crippen LogP contribution in [0.25, 0.3) is 0 Å². The molecule has 6 nitrogen and oxygen atoms in total. The molecule has 8 heteroatoms. The van der Waals surface area contributed by atoms with E-state index in [1.165, 1.54) is 83.5 Å². The molecule has 1 atom stereocenters. The third-order valence-electron chi connectivity index (χ3n) is 4.38. The molecule has 0 spiro atoms. The molecule has 0 aromatic heterocycles. The Hall–Kier alpha value is -0.0400. The van der Waals surface area contributed by atoms with Gasteiger partial charge in [0.1, 0.15) is 0 Å².